The molecule has 32 heavy (non-hydrogen) atoms. The largest absolute Gasteiger partial charge is 0.482 e. The van der Waals surface area contributed by atoms with Crippen molar-refractivity contribution < 1.29 is 37.0 Å². The van der Waals surface area contributed by atoms with Crippen LogP contribution in [0.3, 0.4) is 0 Å². The average Bonchev–Trinajstić information content (AvgIpc) is 3.06. The molecule has 0 aliphatic rings. The number of alkyl halides is 3. The minimum atomic E-state index is -4.51. The lowest BCUT2D eigenvalue weighted by atomic mass is 10.1. The van der Waals surface area contributed by atoms with Gasteiger partial charge in [0.2, 0.25) is 5.91 Å². The fourth-order valence-corrected chi connectivity index (χ4v) is 3.78. The van der Waals surface area contributed by atoms with E-state index in [1.807, 2.05) is 0 Å². The number of carbonyl (C=O) groups is 3. The SMILES string of the molecule is CCOC(=O)c1c(NC(=O)CNc2ccccc2OCC(F)(F)F)sc(C(=O)NC)c1C. The molecule has 2 aromatic rings. The number of hydrogen-bond acceptors (Lipinski definition) is 7. The summed E-state index contributed by atoms with van der Waals surface area (Å²) in [7, 11) is 1.44. The first-order chi connectivity index (χ1) is 15.1. The number of halogens is 3. The van der Waals surface area contributed by atoms with Crippen LogP contribution in [0.1, 0.15) is 32.5 Å². The third-order valence-corrected chi connectivity index (χ3v) is 5.24. The predicted octanol–water partition coefficient (Wildman–Crippen LogP) is 3.58. The van der Waals surface area contributed by atoms with E-state index in [-0.39, 0.29) is 40.0 Å². The normalized spacial score (nSPS) is 10.9. The number of anilines is 2. The van der Waals surface area contributed by atoms with E-state index in [2.05, 4.69) is 16.0 Å². The summed E-state index contributed by atoms with van der Waals surface area (Å²) in [6.45, 7) is 1.49. The van der Waals surface area contributed by atoms with Crippen LogP contribution in [0.15, 0.2) is 24.3 Å². The van der Waals surface area contributed by atoms with Crippen molar-refractivity contribution in [3.63, 3.8) is 0 Å². The second kappa shape index (κ2) is 10.8. The quantitative estimate of drug-likeness (QED) is 0.481. The van der Waals surface area contributed by atoms with E-state index < -0.39 is 30.6 Å². The second-order valence-corrected chi connectivity index (χ2v) is 7.38. The van der Waals surface area contributed by atoms with Crippen LogP contribution >= 0.6 is 11.3 Å². The van der Waals surface area contributed by atoms with Gasteiger partial charge in [0.05, 0.1) is 29.3 Å². The Balaban J connectivity index is 2.15. The van der Waals surface area contributed by atoms with Crippen molar-refractivity contribution in [2.24, 2.45) is 0 Å². The lowest BCUT2D eigenvalue weighted by Crippen LogP contribution is -2.23. The van der Waals surface area contributed by atoms with Crippen molar-refractivity contribution >= 4 is 39.8 Å². The maximum absolute atomic E-state index is 12.5. The smallest absolute Gasteiger partial charge is 0.422 e. The minimum Gasteiger partial charge on any atom is -0.482 e. The van der Waals surface area contributed by atoms with E-state index >= 15 is 0 Å². The first kappa shape index (κ1) is 25.0. The van der Waals surface area contributed by atoms with Crippen molar-refractivity contribution in [1.82, 2.24) is 5.32 Å². The third kappa shape index (κ3) is 6.61. The van der Waals surface area contributed by atoms with Crippen LogP contribution in [-0.4, -0.2) is 50.8 Å². The zero-order valence-electron chi connectivity index (χ0n) is 17.5. The zero-order valence-corrected chi connectivity index (χ0v) is 18.3. The van der Waals surface area contributed by atoms with E-state index in [0.29, 0.717) is 5.56 Å². The molecule has 0 aliphatic heterocycles. The minimum absolute atomic E-state index is 0.0673. The lowest BCUT2D eigenvalue weighted by molar-refractivity contribution is -0.153. The molecule has 0 unspecified atom stereocenters. The molecule has 0 atom stereocenters. The highest BCUT2D eigenvalue weighted by atomic mass is 32.1. The maximum Gasteiger partial charge on any atom is 0.422 e. The molecule has 0 saturated heterocycles. The van der Waals surface area contributed by atoms with Gasteiger partial charge in [-0.3, -0.25) is 9.59 Å². The maximum atomic E-state index is 12.5. The summed E-state index contributed by atoms with van der Waals surface area (Å²) in [6, 6.07) is 5.86. The van der Waals surface area contributed by atoms with E-state index in [1.54, 1.807) is 19.9 Å². The van der Waals surface area contributed by atoms with Crippen LogP contribution in [0.2, 0.25) is 0 Å². The van der Waals surface area contributed by atoms with Gasteiger partial charge in [-0.2, -0.15) is 13.2 Å². The molecule has 0 saturated carbocycles. The fraction of sp³-hybridized carbons (Fsp3) is 0.350. The van der Waals surface area contributed by atoms with Crippen LogP contribution in [0.4, 0.5) is 23.9 Å². The molecule has 1 aromatic carbocycles. The summed E-state index contributed by atoms with van der Waals surface area (Å²) in [4.78, 5) is 37.1. The summed E-state index contributed by atoms with van der Waals surface area (Å²) in [6.07, 6.45) is -4.51. The van der Waals surface area contributed by atoms with E-state index in [9.17, 15) is 27.6 Å². The number of para-hydroxylation sites is 2. The van der Waals surface area contributed by atoms with Crippen LogP contribution in [0, 0.1) is 6.92 Å². The molecule has 12 heteroatoms. The first-order valence-corrected chi connectivity index (χ1v) is 10.2. The van der Waals surface area contributed by atoms with Gasteiger partial charge in [0.1, 0.15) is 10.8 Å². The van der Waals surface area contributed by atoms with Gasteiger partial charge in [0, 0.05) is 7.05 Å². The highest BCUT2D eigenvalue weighted by Crippen LogP contribution is 2.34. The molecule has 8 nitrogen and oxygen atoms in total. The van der Waals surface area contributed by atoms with E-state index in [4.69, 9.17) is 9.47 Å². The molecular formula is C20H22F3N3O5S. The molecule has 0 radical (unpaired) electrons. The Bertz CT molecular complexity index is 991. The van der Waals surface area contributed by atoms with Crippen molar-refractivity contribution in [3.05, 3.63) is 40.3 Å². The Kier molecular flexibility index (Phi) is 8.47. The molecule has 0 fully saturated rings. The van der Waals surface area contributed by atoms with Gasteiger partial charge in [-0.1, -0.05) is 12.1 Å². The Labute approximate surface area is 186 Å². The van der Waals surface area contributed by atoms with Gasteiger partial charge in [-0.25, -0.2) is 4.79 Å². The molecule has 0 bridgehead atoms. The Hall–Kier alpha value is -3.28. The zero-order chi connectivity index (χ0) is 23.9. The van der Waals surface area contributed by atoms with E-state index in [0.717, 1.165) is 11.3 Å². The van der Waals surface area contributed by atoms with Crippen molar-refractivity contribution in [3.8, 4) is 5.75 Å². The number of thiophene rings is 1. The number of ether oxygens (including phenoxy) is 2. The number of esters is 1. The molecule has 174 valence electrons. The molecule has 3 N–H and O–H groups in total. The van der Waals surface area contributed by atoms with Crippen molar-refractivity contribution in [1.29, 1.82) is 0 Å². The van der Waals surface area contributed by atoms with Crippen molar-refractivity contribution in [2.75, 3.05) is 37.4 Å². The Morgan fingerprint density at radius 2 is 1.84 bits per heavy atom. The van der Waals surface area contributed by atoms with Gasteiger partial charge in [0.15, 0.2) is 6.61 Å². The van der Waals surface area contributed by atoms with Gasteiger partial charge in [0.25, 0.3) is 5.91 Å². The van der Waals surface area contributed by atoms with Gasteiger partial charge in [-0.15, -0.1) is 11.3 Å². The number of hydrogen-bond donors (Lipinski definition) is 3. The van der Waals surface area contributed by atoms with Crippen LogP contribution in [0.25, 0.3) is 0 Å². The third-order valence-electron chi connectivity index (χ3n) is 4.03. The average molecular weight is 473 g/mol. The summed E-state index contributed by atoms with van der Waals surface area (Å²) >= 11 is 0.915. The standard InChI is InChI=1S/C20H22F3N3O5S/c1-4-30-19(29)15-11(2)16(17(28)24-3)32-18(15)26-14(27)9-25-12-7-5-6-8-13(12)31-10-20(21,22)23/h5-8,25H,4,9-10H2,1-3H3,(H,24,28)(H,26,27). The number of carbonyl (C=O) groups excluding carboxylic acids is 3. The molecular weight excluding hydrogens is 451 g/mol. The van der Waals surface area contributed by atoms with Gasteiger partial charge < -0.3 is 25.4 Å². The van der Waals surface area contributed by atoms with Crippen molar-refractivity contribution in [2.45, 2.75) is 20.0 Å². The molecule has 0 spiro atoms. The molecule has 0 aliphatic carbocycles. The van der Waals surface area contributed by atoms with Gasteiger partial charge >= 0.3 is 12.1 Å². The molecule has 1 heterocycles. The fourth-order valence-electron chi connectivity index (χ4n) is 2.63. The van der Waals surface area contributed by atoms with Crippen LogP contribution in [-0.2, 0) is 9.53 Å². The summed E-state index contributed by atoms with van der Waals surface area (Å²) in [5.41, 5.74) is 0.616. The molecule has 2 rings (SSSR count). The lowest BCUT2D eigenvalue weighted by Gasteiger charge is -2.14. The highest BCUT2D eigenvalue weighted by Gasteiger charge is 2.29. The predicted molar refractivity (Wildman–Crippen MR) is 114 cm³/mol. The summed E-state index contributed by atoms with van der Waals surface area (Å²) in [5, 5.41) is 7.85. The second-order valence-electron chi connectivity index (χ2n) is 6.36. The topological polar surface area (TPSA) is 106 Å². The number of nitrogens with one attached hydrogen (secondary N) is 3. The highest BCUT2D eigenvalue weighted by molar-refractivity contribution is 7.18. The van der Waals surface area contributed by atoms with Crippen LogP contribution < -0.4 is 20.7 Å². The molecule has 1 aromatic heterocycles. The molecule has 2 amide bonds. The Morgan fingerprint density at radius 1 is 1.16 bits per heavy atom. The Morgan fingerprint density at radius 3 is 2.47 bits per heavy atom. The number of benzene rings is 1. The number of amides is 2. The van der Waals surface area contributed by atoms with Crippen LogP contribution in [0.5, 0.6) is 5.75 Å². The first-order valence-electron chi connectivity index (χ1n) is 9.42. The van der Waals surface area contributed by atoms with E-state index in [1.165, 1.54) is 25.2 Å². The summed E-state index contributed by atoms with van der Waals surface area (Å²) < 4.78 is 47.1. The van der Waals surface area contributed by atoms with Gasteiger partial charge in [-0.05, 0) is 31.5 Å². The monoisotopic (exact) mass is 473 g/mol. The number of rotatable bonds is 9. The summed E-state index contributed by atoms with van der Waals surface area (Å²) in [5.74, 6) is -1.78.